The molecule has 10 heteroatoms. The molecule has 0 atom stereocenters. The van der Waals surface area contributed by atoms with Crippen molar-refractivity contribution in [3.8, 4) is 17.6 Å². The van der Waals surface area contributed by atoms with Gasteiger partial charge in [0.25, 0.3) is 0 Å². The first-order valence-corrected chi connectivity index (χ1v) is 10.9. The van der Waals surface area contributed by atoms with Gasteiger partial charge in [0.2, 0.25) is 5.91 Å². The third kappa shape index (κ3) is 3.36. The summed E-state index contributed by atoms with van der Waals surface area (Å²) < 4.78 is 6.95. The molecule has 0 fully saturated rings. The van der Waals surface area contributed by atoms with Crippen LogP contribution in [0.15, 0.2) is 46.6 Å². The minimum absolute atomic E-state index is 0.181. The summed E-state index contributed by atoms with van der Waals surface area (Å²) >= 11 is 1.53. The standard InChI is InChI=1S/C22H19N7O2S/c1-13-8-18(26-20-16(13)4-3-5-17(20)31-2)29-21(14(10-23)11-25-29)27-19(30)9-15-12-32-22-24-6-7-28(15)22/h3-5,8,11-12H,6-7,9H2,1-2H3,(H,27,30). The molecule has 4 heterocycles. The molecule has 9 nitrogen and oxygen atoms in total. The van der Waals surface area contributed by atoms with E-state index in [9.17, 15) is 10.1 Å². The molecule has 5 rings (SSSR count). The molecule has 2 aliphatic rings. The number of benzene rings is 1. The van der Waals surface area contributed by atoms with Crippen molar-refractivity contribution in [3.05, 3.63) is 52.7 Å². The Morgan fingerprint density at radius 1 is 1.41 bits per heavy atom. The van der Waals surface area contributed by atoms with Gasteiger partial charge in [0.15, 0.2) is 16.8 Å². The fourth-order valence-corrected chi connectivity index (χ4v) is 4.78. The van der Waals surface area contributed by atoms with Gasteiger partial charge in [-0.1, -0.05) is 23.9 Å². The maximum absolute atomic E-state index is 12.9. The molecule has 0 saturated heterocycles. The van der Waals surface area contributed by atoms with Crippen molar-refractivity contribution in [2.45, 2.75) is 13.3 Å². The first kappa shape index (κ1) is 20.1. The maximum Gasteiger partial charge on any atom is 0.231 e. The molecule has 1 amide bonds. The van der Waals surface area contributed by atoms with Crippen LogP contribution < -0.4 is 10.1 Å². The summed E-state index contributed by atoms with van der Waals surface area (Å²) in [6.07, 6.45) is 1.61. The highest BCUT2D eigenvalue weighted by Gasteiger charge is 2.28. The van der Waals surface area contributed by atoms with Crippen LogP contribution in [0.25, 0.3) is 16.7 Å². The van der Waals surface area contributed by atoms with Crippen LogP contribution in [0.2, 0.25) is 0 Å². The first-order chi connectivity index (χ1) is 15.6. The van der Waals surface area contributed by atoms with Gasteiger partial charge >= 0.3 is 0 Å². The van der Waals surface area contributed by atoms with Crippen LogP contribution in [0, 0.1) is 18.3 Å². The number of pyridine rings is 1. The highest BCUT2D eigenvalue weighted by molar-refractivity contribution is 8.16. The van der Waals surface area contributed by atoms with Gasteiger partial charge in [0.1, 0.15) is 22.9 Å². The van der Waals surface area contributed by atoms with E-state index in [0.29, 0.717) is 22.9 Å². The number of para-hydroxylation sites is 1. The van der Waals surface area contributed by atoms with Crippen LogP contribution in [-0.2, 0) is 4.79 Å². The first-order valence-electron chi connectivity index (χ1n) is 9.99. The van der Waals surface area contributed by atoms with E-state index < -0.39 is 0 Å². The van der Waals surface area contributed by atoms with Crippen molar-refractivity contribution in [1.29, 1.82) is 5.26 Å². The van der Waals surface area contributed by atoms with E-state index in [1.165, 1.54) is 22.6 Å². The fraction of sp³-hybridized carbons (Fsp3) is 0.227. The Bertz CT molecular complexity index is 1350. The number of hydrogen-bond acceptors (Lipinski definition) is 8. The minimum atomic E-state index is -0.238. The third-order valence-electron chi connectivity index (χ3n) is 5.37. The highest BCUT2D eigenvalue weighted by Crippen LogP contribution is 2.32. The van der Waals surface area contributed by atoms with Crippen LogP contribution >= 0.6 is 11.8 Å². The highest BCUT2D eigenvalue weighted by atomic mass is 32.2. The zero-order valence-electron chi connectivity index (χ0n) is 17.5. The zero-order valence-corrected chi connectivity index (χ0v) is 18.3. The number of ether oxygens (including phenoxy) is 1. The molecule has 2 aromatic heterocycles. The zero-order chi connectivity index (χ0) is 22.2. The molecule has 0 spiro atoms. The Balaban J connectivity index is 1.48. The van der Waals surface area contributed by atoms with Gasteiger partial charge in [-0.15, -0.1) is 0 Å². The average molecular weight is 446 g/mol. The number of carbonyl (C=O) groups excluding carboxylic acids is 1. The number of aromatic nitrogens is 3. The summed E-state index contributed by atoms with van der Waals surface area (Å²) in [7, 11) is 1.60. The topological polar surface area (TPSA) is 108 Å². The number of hydrogen-bond donors (Lipinski definition) is 1. The Labute approximate surface area is 188 Å². The second kappa shape index (κ2) is 8.01. The number of thioether (sulfide) groups is 1. The van der Waals surface area contributed by atoms with Crippen LogP contribution in [0.3, 0.4) is 0 Å². The van der Waals surface area contributed by atoms with E-state index in [1.807, 2.05) is 41.5 Å². The van der Waals surface area contributed by atoms with E-state index >= 15 is 0 Å². The number of nitrogens with zero attached hydrogens (tertiary/aromatic N) is 6. The summed E-state index contributed by atoms with van der Waals surface area (Å²) in [5.74, 6) is 1.18. The predicted octanol–water partition coefficient (Wildman–Crippen LogP) is 3.20. The number of aliphatic imine (C=N–C) groups is 1. The van der Waals surface area contributed by atoms with Crippen molar-refractivity contribution in [2.75, 3.05) is 25.5 Å². The number of fused-ring (bicyclic) bond motifs is 2. The van der Waals surface area contributed by atoms with Gasteiger partial charge in [-0.2, -0.15) is 15.0 Å². The Hall–Kier alpha value is -3.84. The number of nitriles is 1. The number of aryl methyl sites for hydroxylation is 1. The molecular weight excluding hydrogens is 426 g/mol. The van der Waals surface area contributed by atoms with Gasteiger partial charge < -0.3 is 15.0 Å². The lowest BCUT2D eigenvalue weighted by atomic mass is 10.1. The number of carbonyl (C=O) groups is 1. The second-order valence-corrected chi connectivity index (χ2v) is 8.19. The predicted molar refractivity (Wildman–Crippen MR) is 123 cm³/mol. The van der Waals surface area contributed by atoms with Gasteiger partial charge in [-0.25, -0.2) is 4.98 Å². The molecule has 3 aromatic rings. The second-order valence-electron chi connectivity index (χ2n) is 7.35. The van der Waals surface area contributed by atoms with E-state index in [2.05, 4.69) is 21.5 Å². The largest absolute Gasteiger partial charge is 0.494 e. The quantitative estimate of drug-likeness (QED) is 0.642. The number of methoxy groups -OCH3 is 1. The molecule has 0 saturated carbocycles. The number of nitrogens with one attached hydrogen (secondary N) is 1. The fourth-order valence-electron chi connectivity index (χ4n) is 3.83. The van der Waals surface area contributed by atoms with Gasteiger partial charge in [-0.3, -0.25) is 9.79 Å². The molecule has 32 heavy (non-hydrogen) atoms. The molecule has 2 aliphatic heterocycles. The molecule has 1 aromatic carbocycles. The van der Waals surface area contributed by atoms with Gasteiger partial charge in [0, 0.05) is 17.6 Å². The lowest BCUT2D eigenvalue weighted by Crippen LogP contribution is -2.25. The normalized spacial score (nSPS) is 14.7. The molecule has 0 aliphatic carbocycles. The van der Waals surface area contributed by atoms with Crippen LogP contribution in [0.1, 0.15) is 17.5 Å². The maximum atomic E-state index is 12.9. The molecular formula is C22H19N7O2S. The lowest BCUT2D eigenvalue weighted by molar-refractivity contribution is -0.115. The summed E-state index contributed by atoms with van der Waals surface area (Å²) in [5.41, 5.74) is 2.82. The molecule has 1 N–H and O–H groups in total. The summed E-state index contributed by atoms with van der Waals surface area (Å²) in [5, 5.41) is 20.6. The molecule has 0 unspecified atom stereocenters. The van der Waals surface area contributed by atoms with Crippen molar-refractivity contribution >= 4 is 39.6 Å². The van der Waals surface area contributed by atoms with E-state index in [4.69, 9.17) is 9.72 Å². The monoisotopic (exact) mass is 445 g/mol. The smallest absolute Gasteiger partial charge is 0.231 e. The van der Waals surface area contributed by atoms with Crippen LogP contribution in [0.4, 0.5) is 5.82 Å². The molecule has 160 valence electrons. The minimum Gasteiger partial charge on any atom is -0.494 e. The van der Waals surface area contributed by atoms with Gasteiger partial charge in [0.05, 0.1) is 26.3 Å². The summed E-state index contributed by atoms with van der Waals surface area (Å²) in [6, 6.07) is 9.69. The lowest BCUT2D eigenvalue weighted by Gasteiger charge is -2.16. The SMILES string of the molecule is COc1cccc2c(C)cc(-n3ncc(C#N)c3NC(=O)CC3=CSC4=NCCN34)nc12. The van der Waals surface area contributed by atoms with Crippen molar-refractivity contribution < 1.29 is 9.53 Å². The molecule has 0 radical (unpaired) electrons. The molecule has 0 bridgehead atoms. The average Bonchev–Trinajstić information content (AvgIpc) is 3.50. The van der Waals surface area contributed by atoms with E-state index in [-0.39, 0.29) is 17.9 Å². The van der Waals surface area contributed by atoms with Crippen molar-refractivity contribution in [2.24, 2.45) is 4.99 Å². The summed E-state index contributed by atoms with van der Waals surface area (Å²) in [4.78, 5) is 24.0. The number of amides is 1. The Morgan fingerprint density at radius 3 is 3.09 bits per heavy atom. The van der Waals surface area contributed by atoms with E-state index in [0.717, 1.165) is 34.9 Å². The van der Waals surface area contributed by atoms with Crippen molar-refractivity contribution in [3.63, 3.8) is 0 Å². The van der Waals surface area contributed by atoms with Gasteiger partial charge in [-0.05, 0) is 30.0 Å². The van der Waals surface area contributed by atoms with E-state index in [1.54, 1.807) is 7.11 Å². The number of rotatable bonds is 5. The number of anilines is 1. The summed E-state index contributed by atoms with van der Waals surface area (Å²) in [6.45, 7) is 3.49. The number of amidine groups is 1. The van der Waals surface area contributed by atoms with Crippen molar-refractivity contribution in [1.82, 2.24) is 19.7 Å². The Kier molecular flexibility index (Phi) is 5.03. The third-order valence-corrected chi connectivity index (χ3v) is 6.32. The van der Waals surface area contributed by atoms with Crippen LogP contribution in [0.5, 0.6) is 5.75 Å². The Morgan fingerprint density at radius 2 is 2.28 bits per heavy atom. The van der Waals surface area contributed by atoms with Crippen LogP contribution in [-0.4, -0.2) is 50.9 Å².